The maximum Gasteiger partial charge on any atom is 0.264 e. The van der Waals surface area contributed by atoms with Gasteiger partial charge in [0.25, 0.3) is 20.0 Å². The van der Waals surface area contributed by atoms with Gasteiger partial charge in [0.15, 0.2) is 9.84 Å². The first-order chi connectivity index (χ1) is 18.4. The summed E-state index contributed by atoms with van der Waals surface area (Å²) in [6.45, 7) is 10.7. The molecule has 4 rings (SSSR count). The molecule has 9 nitrogen and oxygen atoms in total. The maximum absolute atomic E-state index is 14.1. The van der Waals surface area contributed by atoms with E-state index in [4.69, 9.17) is 0 Å². The van der Waals surface area contributed by atoms with Crippen LogP contribution in [0.5, 0.6) is 0 Å². The van der Waals surface area contributed by atoms with Gasteiger partial charge in [-0.2, -0.15) is 0 Å². The third-order valence-electron chi connectivity index (χ3n) is 7.38. The van der Waals surface area contributed by atoms with Gasteiger partial charge in [-0.05, 0) is 111 Å². The van der Waals surface area contributed by atoms with Crippen LogP contribution in [0.2, 0.25) is 0 Å². The number of anilines is 2. The molecule has 3 aromatic carbocycles. The van der Waals surface area contributed by atoms with E-state index in [0.29, 0.717) is 11.1 Å². The third kappa shape index (κ3) is 5.76. The lowest BCUT2D eigenvalue weighted by Crippen LogP contribution is -2.47. The smallest absolute Gasteiger partial charge is 0.264 e. The molecule has 0 unspecified atom stereocenters. The van der Waals surface area contributed by atoms with E-state index < -0.39 is 53.5 Å². The normalized spacial score (nSPS) is 19.0. The Bertz CT molecular complexity index is 1800. The number of hydrogen-bond acceptors (Lipinski definition) is 7. The quantitative estimate of drug-likeness (QED) is 0.418. The number of aliphatic hydroxyl groups is 1. The van der Waals surface area contributed by atoms with Crippen molar-refractivity contribution >= 4 is 41.3 Å². The Morgan fingerprint density at radius 1 is 0.725 bits per heavy atom. The van der Waals surface area contributed by atoms with Gasteiger partial charge in [-0.15, -0.1) is 0 Å². The molecule has 1 aliphatic rings. The lowest BCUT2D eigenvalue weighted by atomic mass is 10.1. The maximum atomic E-state index is 14.1. The average molecular weight is 607 g/mol. The molecule has 216 valence electrons. The van der Waals surface area contributed by atoms with Crippen LogP contribution in [0.1, 0.15) is 33.4 Å². The lowest BCUT2D eigenvalue weighted by molar-refractivity contribution is 0.184. The molecule has 3 aromatic rings. The van der Waals surface area contributed by atoms with Gasteiger partial charge in [-0.25, -0.2) is 25.3 Å². The SMILES string of the molecule is Cc1cc(C)c(S(=O)(=O)Nc2ccc(N([C@H]3CS(=O)(=O)C[C@@H]3O)S(=O)(=O)c3cc(C)c(C)cc3C)cc2)cc1C. The Balaban J connectivity index is 1.77. The van der Waals surface area contributed by atoms with Crippen molar-refractivity contribution < 1.29 is 30.4 Å². The molecule has 0 spiro atoms. The van der Waals surface area contributed by atoms with Gasteiger partial charge in [-0.1, -0.05) is 12.1 Å². The number of benzene rings is 3. The second kappa shape index (κ2) is 10.5. The second-order valence-corrected chi connectivity index (χ2v) is 16.2. The van der Waals surface area contributed by atoms with E-state index in [2.05, 4.69) is 4.72 Å². The second-order valence-electron chi connectivity index (χ2n) is 10.6. The first-order valence-corrected chi connectivity index (χ1v) is 17.4. The van der Waals surface area contributed by atoms with Crippen molar-refractivity contribution in [3.63, 3.8) is 0 Å². The van der Waals surface area contributed by atoms with Crippen molar-refractivity contribution in [2.24, 2.45) is 0 Å². The largest absolute Gasteiger partial charge is 0.390 e. The van der Waals surface area contributed by atoms with Gasteiger partial charge in [0.2, 0.25) is 0 Å². The van der Waals surface area contributed by atoms with Crippen LogP contribution in [0.3, 0.4) is 0 Å². The molecule has 1 fully saturated rings. The fourth-order valence-corrected chi connectivity index (χ4v) is 10.2. The van der Waals surface area contributed by atoms with E-state index in [1.54, 1.807) is 39.0 Å². The van der Waals surface area contributed by atoms with Crippen molar-refractivity contribution in [2.45, 2.75) is 63.5 Å². The van der Waals surface area contributed by atoms with Crippen LogP contribution >= 0.6 is 0 Å². The predicted molar refractivity (Wildman–Crippen MR) is 157 cm³/mol. The van der Waals surface area contributed by atoms with E-state index in [1.807, 2.05) is 20.8 Å². The third-order valence-corrected chi connectivity index (χ3v) is 12.6. The number of nitrogens with zero attached hydrogens (tertiary/aromatic N) is 1. The molecule has 0 bridgehead atoms. The van der Waals surface area contributed by atoms with Crippen molar-refractivity contribution in [1.29, 1.82) is 0 Å². The Hall–Kier alpha value is -2.93. The van der Waals surface area contributed by atoms with E-state index in [-0.39, 0.29) is 21.2 Å². The molecule has 2 atom stereocenters. The molecule has 1 aliphatic heterocycles. The summed E-state index contributed by atoms with van der Waals surface area (Å²) in [6, 6.07) is 11.1. The standard InChI is InChI=1S/C28H34N2O7S3/c1-17-11-21(5)27(13-19(17)3)39(34,35)29-23-7-9-24(10-8-23)30(25-15-38(32,33)16-26(25)31)40(36,37)28-14-20(4)18(2)12-22(28)6/h7-14,25-26,29,31H,15-16H2,1-6H3/t25-,26-/m0/s1. The zero-order valence-corrected chi connectivity index (χ0v) is 25.7. The molecular weight excluding hydrogens is 573 g/mol. The van der Waals surface area contributed by atoms with E-state index in [0.717, 1.165) is 26.6 Å². The Morgan fingerprint density at radius 3 is 1.70 bits per heavy atom. The van der Waals surface area contributed by atoms with Crippen molar-refractivity contribution in [1.82, 2.24) is 0 Å². The van der Waals surface area contributed by atoms with Crippen molar-refractivity contribution in [3.8, 4) is 0 Å². The number of sulfonamides is 2. The molecule has 0 radical (unpaired) electrons. The Kier molecular flexibility index (Phi) is 7.87. The minimum Gasteiger partial charge on any atom is -0.390 e. The first kappa shape index (κ1) is 30.0. The van der Waals surface area contributed by atoms with Gasteiger partial charge in [0, 0.05) is 5.69 Å². The van der Waals surface area contributed by atoms with Crippen LogP contribution in [0.25, 0.3) is 0 Å². The first-order valence-electron chi connectivity index (χ1n) is 12.6. The molecule has 2 N–H and O–H groups in total. The average Bonchev–Trinajstić information content (AvgIpc) is 3.10. The van der Waals surface area contributed by atoms with Crippen molar-refractivity contribution in [3.05, 3.63) is 81.9 Å². The fourth-order valence-electron chi connectivity index (χ4n) is 4.97. The summed E-state index contributed by atoms with van der Waals surface area (Å²) in [6.07, 6.45) is -1.43. The predicted octanol–water partition coefficient (Wildman–Crippen LogP) is 3.69. The highest BCUT2D eigenvalue weighted by Gasteiger charge is 2.45. The van der Waals surface area contributed by atoms with Crippen LogP contribution in [-0.4, -0.2) is 54.0 Å². The molecule has 12 heteroatoms. The minimum atomic E-state index is -4.33. The van der Waals surface area contributed by atoms with Gasteiger partial charge in [-0.3, -0.25) is 9.03 Å². The highest BCUT2D eigenvalue weighted by molar-refractivity contribution is 7.93. The summed E-state index contributed by atoms with van der Waals surface area (Å²) in [4.78, 5) is 0.135. The zero-order valence-electron chi connectivity index (χ0n) is 23.3. The van der Waals surface area contributed by atoms with Crippen molar-refractivity contribution in [2.75, 3.05) is 20.5 Å². The monoisotopic (exact) mass is 606 g/mol. The molecular formula is C28H34N2O7S3. The van der Waals surface area contributed by atoms with Crippen LogP contribution in [-0.2, 0) is 29.9 Å². The summed E-state index contributed by atoms with van der Waals surface area (Å²) >= 11 is 0. The number of sulfone groups is 1. The Morgan fingerprint density at radius 2 is 1.20 bits per heavy atom. The molecule has 1 heterocycles. The summed E-state index contributed by atoms with van der Waals surface area (Å²) in [5, 5.41) is 10.7. The summed E-state index contributed by atoms with van der Waals surface area (Å²) in [5.74, 6) is -1.10. The van der Waals surface area contributed by atoms with E-state index in [1.165, 1.54) is 30.3 Å². The molecule has 0 saturated carbocycles. The van der Waals surface area contributed by atoms with Crippen LogP contribution in [0.4, 0.5) is 11.4 Å². The van der Waals surface area contributed by atoms with Gasteiger partial charge in [0.05, 0.1) is 39.1 Å². The van der Waals surface area contributed by atoms with Gasteiger partial charge in [0.1, 0.15) is 0 Å². The number of aliphatic hydroxyl groups excluding tert-OH is 1. The van der Waals surface area contributed by atoms with Crippen LogP contribution in [0.15, 0.2) is 58.3 Å². The molecule has 0 aromatic heterocycles. The summed E-state index contributed by atoms with van der Waals surface area (Å²) < 4.78 is 82.7. The topological polar surface area (TPSA) is 138 Å². The highest BCUT2D eigenvalue weighted by atomic mass is 32.2. The number of aryl methyl sites for hydroxylation is 6. The van der Waals surface area contributed by atoms with Gasteiger partial charge < -0.3 is 5.11 Å². The van der Waals surface area contributed by atoms with Crippen LogP contribution in [0, 0.1) is 41.5 Å². The highest BCUT2D eigenvalue weighted by Crippen LogP contribution is 2.34. The molecule has 0 amide bonds. The zero-order chi connectivity index (χ0) is 29.8. The summed E-state index contributed by atoms with van der Waals surface area (Å²) in [5.41, 5.74) is 4.81. The fraction of sp³-hybridized carbons (Fsp3) is 0.357. The number of rotatable bonds is 7. The van der Waals surface area contributed by atoms with E-state index in [9.17, 15) is 30.4 Å². The number of nitrogens with one attached hydrogen (secondary N) is 1. The molecule has 1 saturated heterocycles. The number of hydrogen-bond donors (Lipinski definition) is 2. The van der Waals surface area contributed by atoms with E-state index >= 15 is 0 Å². The minimum absolute atomic E-state index is 0.00194. The Labute approximate surface area is 236 Å². The summed E-state index contributed by atoms with van der Waals surface area (Å²) in [7, 11) is -12.0. The lowest BCUT2D eigenvalue weighted by Gasteiger charge is -2.32. The molecule has 0 aliphatic carbocycles. The molecule has 40 heavy (non-hydrogen) atoms. The van der Waals surface area contributed by atoms with Gasteiger partial charge >= 0.3 is 0 Å². The van der Waals surface area contributed by atoms with Crippen LogP contribution < -0.4 is 9.03 Å².